The number of carbonyl (C=O) groups is 2. The smallest absolute Gasteiger partial charge is 0.174 e. The fourth-order valence-corrected chi connectivity index (χ4v) is 3.27. The average Bonchev–Trinajstić information content (AvgIpc) is 2.59. The van der Waals surface area contributed by atoms with Crippen LogP contribution in [0.2, 0.25) is 0 Å². The van der Waals surface area contributed by atoms with E-state index in [9.17, 15) is 9.59 Å². The van der Waals surface area contributed by atoms with E-state index in [1.54, 1.807) is 19.2 Å². The lowest BCUT2D eigenvalue weighted by Gasteiger charge is -2.26. The predicted octanol–water partition coefficient (Wildman–Crippen LogP) is 2.26. The summed E-state index contributed by atoms with van der Waals surface area (Å²) in [4.78, 5) is 26.4. The van der Waals surface area contributed by atoms with Crippen LogP contribution in [-0.4, -0.2) is 49.8 Å². The summed E-state index contributed by atoms with van der Waals surface area (Å²) in [5, 5.41) is 0. The number of methoxy groups -OCH3 is 1. The lowest BCUT2D eigenvalue weighted by atomic mass is 9.98. The van der Waals surface area contributed by atoms with Gasteiger partial charge in [-0.1, -0.05) is 6.42 Å². The highest BCUT2D eigenvalue weighted by Crippen LogP contribution is 2.35. The molecule has 0 bridgehead atoms. The quantitative estimate of drug-likeness (QED) is 0.780. The molecule has 2 aliphatic rings. The normalized spacial score (nSPS) is 18.2. The van der Waals surface area contributed by atoms with Gasteiger partial charge < -0.3 is 14.4 Å². The summed E-state index contributed by atoms with van der Waals surface area (Å²) < 4.78 is 10.8. The fraction of sp³-hybridized carbons (Fsp3) is 0.556. The molecular weight excluding hydrogens is 294 g/mol. The minimum absolute atomic E-state index is 0.0254. The van der Waals surface area contributed by atoms with Crippen LogP contribution < -0.4 is 9.47 Å². The number of rotatable bonds is 5. The lowest BCUT2D eigenvalue weighted by Crippen LogP contribution is -2.31. The first-order valence-corrected chi connectivity index (χ1v) is 8.28. The van der Waals surface area contributed by atoms with Crippen LogP contribution >= 0.6 is 0 Å². The molecular formula is C18H23NO4. The van der Waals surface area contributed by atoms with Crippen LogP contribution in [0.25, 0.3) is 0 Å². The van der Waals surface area contributed by atoms with E-state index in [-0.39, 0.29) is 18.2 Å². The Kier molecular flexibility index (Phi) is 4.96. The van der Waals surface area contributed by atoms with Gasteiger partial charge in [0.15, 0.2) is 23.1 Å². The van der Waals surface area contributed by atoms with Gasteiger partial charge in [-0.2, -0.15) is 0 Å². The van der Waals surface area contributed by atoms with Crippen LogP contribution in [0.1, 0.15) is 41.6 Å². The maximum Gasteiger partial charge on any atom is 0.174 e. The van der Waals surface area contributed by atoms with Gasteiger partial charge in [0.25, 0.3) is 0 Å². The van der Waals surface area contributed by atoms with Crippen LogP contribution in [-0.2, 0) is 11.2 Å². The van der Waals surface area contributed by atoms with Gasteiger partial charge in [0.1, 0.15) is 6.61 Å². The second-order valence-electron chi connectivity index (χ2n) is 6.25. The van der Waals surface area contributed by atoms with Gasteiger partial charge in [-0.25, -0.2) is 0 Å². The number of nitrogens with zero attached hydrogens (tertiary/aromatic N) is 1. The summed E-state index contributed by atoms with van der Waals surface area (Å²) in [6, 6.07) is 3.51. The van der Waals surface area contributed by atoms with Crippen LogP contribution in [0.15, 0.2) is 12.1 Å². The van der Waals surface area contributed by atoms with E-state index < -0.39 is 0 Å². The molecule has 0 saturated carbocycles. The van der Waals surface area contributed by atoms with Crippen molar-refractivity contribution in [2.75, 3.05) is 33.4 Å². The molecule has 0 radical (unpaired) electrons. The number of ether oxygens (including phenoxy) is 2. The van der Waals surface area contributed by atoms with Crippen molar-refractivity contribution in [2.24, 2.45) is 0 Å². The summed E-state index contributed by atoms with van der Waals surface area (Å²) in [6.45, 7) is 3.05. The van der Waals surface area contributed by atoms with E-state index in [0.29, 0.717) is 29.9 Å². The highest BCUT2D eigenvalue weighted by atomic mass is 16.5. The number of hydrogen-bond acceptors (Lipinski definition) is 5. The van der Waals surface area contributed by atoms with Gasteiger partial charge in [-0.15, -0.1) is 0 Å². The predicted molar refractivity (Wildman–Crippen MR) is 86.4 cm³/mol. The first-order chi connectivity index (χ1) is 11.2. The minimum atomic E-state index is 0.0254. The summed E-state index contributed by atoms with van der Waals surface area (Å²) in [6.07, 6.45) is 4.54. The van der Waals surface area contributed by atoms with Crippen LogP contribution in [0.3, 0.4) is 0 Å². The molecule has 124 valence electrons. The van der Waals surface area contributed by atoms with Crippen molar-refractivity contribution in [1.82, 2.24) is 4.90 Å². The van der Waals surface area contributed by atoms with Crippen molar-refractivity contribution < 1.29 is 19.1 Å². The highest BCUT2D eigenvalue weighted by Gasteiger charge is 2.23. The second-order valence-corrected chi connectivity index (χ2v) is 6.25. The molecule has 0 aliphatic carbocycles. The summed E-state index contributed by atoms with van der Waals surface area (Å²) >= 11 is 0. The number of likely N-dealkylation sites (tertiary alicyclic amines) is 1. The number of benzene rings is 1. The third-order valence-electron chi connectivity index (χ3n) is 4.54. The Morgan fingerprint density at radius 1 is 1.26 bits per heavy atom. The third-order valence-corrected chi connectivity index (χ3v) is 4.54. The molecule has 0 unspecified atom stereocenters. The lowest BCUT2D eigenvalue weighted by molar-refractivity contribution is -0.121. The van der Waals surface area contributed by atoms with Gasteiger partial charge >= 0.3 is 0 Å². The number of carbonyl (C=O) groups excluding carboxylic acids is 2. The topological polar surface area (TPSA) is 55.8 Å². The first-order valence-electron chi connectivity index (χ1n) is 8.28. The van der Waals surface area contributed by atoms with Crippen molar-refractivity contribution in [3.63, 3.8) is 0 Å². The highest BCUT2D eigenvalue weighted by molar-refractivity contribution is 5.98. The van der Waals surface area contributed by atoms with Crippen LogP contribution in [0.5, 0.6) is 11.5 Å². The Balaban J connectivity index is 1.72. The molecule has 0 amide bonds. The molecule has 5 heteroatoms. The molecule has 5 nitrogen and oxygen atoms in total. The van der Waals surface area contributed by atoms with Crippen molar-refractivity contribution in [3.8, 4) is 11.5 Å². The molecule has 0 spiro atoms. The van der Waals surface area contributed by atoms with Crippen molar-refractivity contribution in [2.45, 2.75) is 32.1 Å². The van der Waals surface area contributed by atoms with E-state index in [1.807, 2.05) is 0 Å². The third kappa shape index (κ3) is 3.72. The van der Waals surface area contributed by atoms with Crippen LogP contribution in [0, 0.1) is 0 Å². The molecule has 3 rings (SSSR count). The van der Waals surface area contributed by atoms with E-state index in [2.05, 4.69) is 4.90 Å². The van der Waals surface area contributed by atoms with Crippen LogP contribution in [0.4, 0.5) is 0 Å². The van der Waals surface area contributed by atoms with Crippen molar-refractivity contribution >= 4 is 11.6 Å². The summed E-state index contributed by atoms with van der Waals surface area (Å²) in [5.74, 6) is 1.25. The van der Waals surface area contributed by atoms with Crippen molar-refractivity contribution in [1.29, 1.82) is 0 Å². The standard InChI is InChI=1S/C18H23NO4/c1-22-17-11-13(9-14-10-15(20)12-23-18(14)17)16(21)5-8-19-6-3-2-4-7-19/h9,11H,2-8,10,12H2,1H3. The summed E-state index contributed by atoms with van der Waals surface area (Å²) in [7, 11) is 1.55. The van der Waals surface area contributed by atoms with Gasteiger partial charge in [0.05, 0.1) is 7.11 Å². The molecule has 0 aromatic heterocycles. The number of hydrogen-bond donors (Lipinski definition) is 0. The average molecular weight is 317 g/mol. The zero-order chi connectivity index (χ0) is 16.2. The van der Waals surface area contributed by atoms with E-state index in [0.717, 1.165) is 25.2 Å². The Morgan fingerprint density at radius 2 is 2.04 bits per heavy atom. The second kappa shape index (κ2) is 7.13. The van der Waals surface area contributed by atoms with Gasteiger partial charge in [-0.3, -0.25) is 9.59 Å². The molecule has 1 aromatic carbocycles. The Hall–Kier alpha value is -1.88. The number of piperidine rings is 1. The van der Waals surface area contributed by atoms with Gasteiger partial charge in [-0.05, 0) is 38.1 Å². The maximum atomic E-state index is 12.5. The fourth-order valence-electron chi connectivity index (χ4n) is 3.27. The SMILES string of the molecule is COc1cc(C(=O)CCN2CCCCC2)cc2c1OCC(=O)C2. The molecule has 1 aromatic rings. The molecule has 23 heavy (non-hydrogen) atoms. The Labute approximate surface area is 136 Å². The maximum absolute atomic E-state index is 12.5. The molecule has 0 atom stereocenters. The Bertz CT molecular complexity index is 605. The monoisotopic (exact) mass is 317 g/mol. The van der Waals surface area contributed by atoms with Gasteiger partial charge in [0.2, 0.25) is 0 Å². The number of ketones is 2. The van der Waals surface area contributed by atoms with Crippen molar-refractivity contribution in [3.05, 3.63) is 23.3 Å². The molecule has 1 saturated heterocycles. The first kappa shape index (κ1) is 16.0. The molecule has 2 aliphatic heterocycles. The van der Waals surface area contributed by atoms with E-state index in [4.69, 9.17) is 9.47 Å². The minimum Gasteiger partial charge on any atom is -0.493 e. The summed E-state index contributed by atoms with van der Waals surface area (Å²) in [5.41, 5.74) is 1.36. The number of Topliss-reactive ketones (excluding diaryl/α,β-unsaturated/α-hetero) is 2. The van der Waals surface area contributed by atoms with Gasteiger partial charge in [0, 0.05) is 30.5 Å². The zero-order valence-electron chi connectivity index (χ0n) is 13.6. The Morgan fingerprint density at radius 3 is 2.78 bits per heavy atom. The van der Waals surface area contributed by atoms with E-state index >= 15 is 0 Å². The molecule has 2 heterocycles. The molecule has 0 N–H and O–H groups in total. The number of fused-ring (bicyclic) bond motifs is 1. The molecule has 1 fully saturated rings. The zero-order valence-corrected chi connectivity index (χ0v) is 13.6. The largest absolute Gasteiger partial charge is 0.493 e. The van der Waals surface area contributed by atoms with E-state index in [1.165, 1.54) is 19.3 Å².